The topological polar surface area (TPSA) is 16.8 Å². The summed E-state index contributed by atoms with van der Waals surface area (Å²) in [6.07, 6.45) is 0. The van der Waals surface area contributed by atoms with E-state index in [-0.39, 0.29) is 5.82 Å². The van der Waals surface area contributed by atoms with Crippen molar-refractivity contribution in [2.24, 2.45) is 7.05 Å². The van der Waals surface area contributed by atoms with Gasteiger partial charge in [-0.05, 0) is 51.7 Å². The van der Waals surface area contributed by atoms with Crippen LogP contribution in [0.2, 0.25) is 5.15 Å². The van der Waals surface area contributed by atoms with Crippen LogP contribution in [0.4, 0.5) is 4.39 Å². The number of nitrogens with zero attached hydrogens (tertiary/aromatic N) is 2. The van der Waals surface area contributed by atoms with Gasteiger partial charge in [-0.2, -0.15) is 0 Å². The van der Waals surface area contributed by atoms with Crippen molar-refractivity contribution in [1.82, 2.24) is 5.10 Å². The van der Waals surface area contributed by atoms with Gasteiger partial charge < -0.3 is 0 Å². The quantitative estimate of drug-likeness (QED) is 0.682. The van der Waals surface area contributed by atoms with Gasteiger partial charge in [0.1, 0.15) is 11.5 Å². The first-order chi connectivity index (χ1) is 7.00. The van der Waals surface area contributed by atoms with Crippen molar-refractivity contribution in [3.05, 3.63) is 33.3 Å². The third-order valence-electron chi connectivity index (χ3n) is 2.26. The first-order valence-electron chi connectivity index (χ1n) is 4.32. The minimum absolute atomic E-state index is 0.308. The number of aryl methyl sites for hydroxylation is 2. The molecule has 1 aromatic carbocycles. The Morgan fingerprint density at radius 1 is 1.40 bits per heavy atom. The molecule has 1 aromatic heterocycles. The van der Waals surface area contributed by atoms with Crippen LogP contribution in [0.1, 0.15) is 5.69 Å². The molecule has 0 aliphatic rings. The van der Waals surface area contributed by atoms with E-state index >= 15 is 0 Å². The maximum atomic E-state index is 13.3. The van der Waals surface area contributed by atoms with Gasteiger partial charge >= 0.3 is 5.15 Å². The molecular weight excluding hydrogens is 282 g/mol. The second-order valence-corrected chi connectivity index (χ2v) is 4.52. The number of halogens is 3. The Hall–Kier alpha value is -0.740. The molecule has 0 radical (unpaired) electrons. The number of hydrogen-bond acceptors (Lipinski definition) is 1. The number of rotatable bonds is 0. The molecule has 0 aliphatic heterocycles. The fraction of sp³-hybridized carbons (Fsp3) is 0.200. The predicted molar refractivity (Wildman–Crippen MR) is 60.3 cm³/mol. The smallest absolute Gasteiger partial charge is 0.206 e. The van der Waals surface area contributed by atoms with E-state index in [1.165, 1.54) is 6.07 Å². The minimum Gasteiger partial charge on any atom is -0.206 e. The van der Waals surface area contributed by atoms with Crippen LogP contribution in [0, 0.1) is 12.7 Å². The lowest BCUT2D eigenvalue weighted by atomic mass is 10.1. The first kappa shape index (κ1) is 10.8. The van der Waals surface area contributed by atoms with Crippen LogP contribution >= 0.6 is 27.5 Å². The molecule has 15 heavy (non-hydrogen) atoms. The van der Waals surface area contributed by atoms with Crippen molar-refractivity contribution < 1.29 is 9.07 Å². The molecule has 2 rings (SSSR count). The number of benzene rings is 1. The fourth-order valence-electron chi connectivity index (χ4n) is 1.51. The van der Waals surface area contributed by atoms with E-state index in [4.69, 9.17) is 11.6 Å². The number of aromatic nitrogens is 2. The third-order valence-corrected chi connectivity index (χ3v) is 3.31. The molecular formula is C10H8BrClFN2+. The zero-order chi connectivity index (χ0) is 11.2. The average molecular weight is 291 g/mol. The van der Waals surface area contributed by atoms with Crippen LogP contribution in [-0.2, 0) is 7.05 Å². The molecule has 0 spiro atoms. The van der Waals surface area contributed by atoms with Gasteiger partial charge in [-0.25, -0.2) is 4.39 Å². The summed E-state index contributed by atoms with van der Waals surface area (Å²) in [5, 5.41) is 6.20. The van der Waals surface area contributed by atoms with Crippen LogP contribution in [0.15, 0.2) is 16.6 Å². The number of hydrogen-bond donors (Lipinski definition) is 0. The highest BCUT2D eigenvalue weighted by Crippen LogP contribution is 2.27. The van der Waals surface area contributed by atoms with Gasteiger partial charge in [0.15, 0.2) is 7.05 Å². The van der Waals surface area contributed by atoms with Gasteiger partial charge in [0.25, 0.3) is 0 Å². The summed E-state index contributed by atoms with van der Waals surface area (Å²) >= 11 is 9.22. The number of fused-ring (bicyclic) bond motifs is 1. The highest BCUT2D eigenvalue weighted by Gasteiger charge is 2.16. The Kier molecular flexibility index (Phi) is 2.64. The van der Waals surface area contributed by atoms with Gasteiger partial charge in [0.2, 0.25) is 0 Å². The maximum absolute atomic E-state index is 13.3. The summed E-state index contributed by atoms with van der Waals surface area (Å²) in [5.74, 6) is -0.308. The van der Waals surface area contributed by atoms with Gasteiger partial charge in [0.05, 0.1) is 9.86 Å². The summed E-state index contributed by atoms with van der Waals surface area (Å²) in [7, 11) is 1.76. The normalized spacial score (nSPS) is 11.0. The van der Waals surface area contributed by atoms with E-state index in [0.717, 1.165) is 16.5 Å². The average Bonchev–Trinajstić information content (AvgIpc) is 2.18. The first-order valence-corrected chi connectivity index (χ1v) is 5.49. The summed E-state index contributed by atoms with van der Waals surface area (Å²) in [6.45, 7) is 1.83. The highest BCUT2D eigenvalue weighted by atomic mass is 79.9. The van der Waals surface area contributed by atoms with Crippen LogP contribution < -0.4 is 4.68 Å². The van der Waals surface area contributed by atoms with Crippen LogP contribution in [0.5, 0.6) is 0 Å². The molecule has 5 heteroatoms. The molecule has 0 amide bonds. The van der Waals surface area contributed by atoms with E-state index in [1.54, 1.807) is 17.8 Å². The lowest BCUT2D eigenvalue weighted by molar-refractivity contribution is -0.727. The summed E-state index contributed by atoms with van der Waals surface area (Å²) < 4.78 is 15.3. The van der Waals surface area contributed by atoms with Crippen LogP contribution in [-0.4, -0.2) is 5.10 Å². The Balaban J connectivity index is 2.97. The van der Waals surface area contributed by atoms with Gasteiger partial charge in [-0.15, -0.1) is 0 Å². The standard InChI is InChI=1S/C10H8BrClFN2/c1-5-6-4-9(13)8(11)3-7(6)10(12)15(2)14-5/h3-4H,1-2H3/q+1. The van der Waals surface area contributed by atoms with Crippen molar-refractivity contribution in [2.45, 2.75) is 6.92 Å². The Bertz CT molecular complexity index is 557. The molecule has 0 N–H and O–H groups in total. The summed E-state index contributed by atoms with van der Waals surface area (Å²) in [4.78, 5) is 0. The van der Waals surface area contributed by atoms with Crippen molar-refractivity contribution in [1.29, 1.82) is 0 Å². The van der Waals surface area contributed by atoms with Crippen molar-refractivity contribution in [3.8, 4) is 0 Å². The van der Waals surface area contributed by atoms with Crippen LogP contribution in [0.3, 0.4) is 0 Å². The highest BCUT2D eigenvalue weighted by molar-refractivity contribution is 9.10. The molecule has 0 bridgehead atoms. The van der Waals surface area contributed by atoms with E-state index < -0.39 is 0 Å². The van der Waals surface area contributed by atoms with Gasteiger partial charge in [-0.3, -0.25) is 0 Å². The fourth-order valence-corrected chi connectivity index (χ4v) is 2.05. The van der Waals surface area contributed by atoms with Crippen LogP contribution in [0.25, 0.3) is 10.8 Å². The molecule has 0 atom stereocenters. The molecule has 2 aromatic rings. The van der Waals surface area contributed by atoms with E-state index in [0.29, 0.717) is 9.63 Å². The molecule has 1 heterocycles. The lowest BCUT2D eigenvalue weighted by Gasteiger charge is -2.02. The summed E-state index contributed by atoms with van der Waals surface area (Å²) in [5.41, 5.74) is 0.753. The van der Waals surface area contributed by atoms with E-state index in [2.05, 4.69) is 21.0 Å². The van der Waals surface area contributed by atoms with Gasteiger partial charge in [0, 0.05) is 5.39 Å². The maximum Gasteiger partial charge on any atom is 0.308 e. The molecule has 0 saturated heterocycles. The van der Waals surface area contributed by atoms with Crippen molar-refractivity contribution >= 4 is 38.3 Å². The van der Waals surface area contributed by atoms with Crippen molar-refractivity contribution in [2.75, 3.05) is 0 Å². The van der Waals surface area contributed by atoms with E-state index in [9.17, 15) is 4.39 Å². The molecule has 0 unspecified atom stereocenters. The second-order valence-electron chi connectivity index (χ2n) is 3.31. The molecule has 0 saturated carbocycles. The third kappa shape index (κ3) is 1.72. The van der Waals surface area contributed by atoms with Gasteiger partial charge in [-0.1, -0.05) is 4.68 Å². The molecule has 0 fully saturated rings. The Labute approximate surface area is 99.8 Å². The Morgan fingerprint density at radius 2 is 2.07 bits per heavy atom. The molecule has 0 aliphatic carbocycles. The lowest BCUT2D eigenvalue weighted by Crippen LogP contribution is -2.35. The SMILES string of the molecule is Cc1n[n+](C)c(Cl)c2cc(Br)c(F)cc12. The Morgan fingerprint density at radius 3 is 2.73 bits per heavy atom. The zero-order valence-electron chi connectivity index (χ0n) is 8.18. The predicted octanol–water partition coefficient (Wildman–Crippen LogP) is 2.92. The summed E-state index contributed by atoms with van der Waals surface area (Å²) in [6, 6.07) is 3.11. The van der Waals surface area contributed by atoms with E-state index in [1.807, 2.05) is 6.92 Å². The zero-order valence-corrected chi connectivity index (χ0v) is 10.5. The molecule has 2 nitrogen and oxygen atoms in total. The van der Waals surface area contributed by atoms with Crippen molar-refractivity contribution in [3.63, 3.8) is 0 Å². The monoisotopic (exact) mass is 289 g/mol. The molecule has 78 valence electrons. The second kappa shape index (κ2) is 3.68. The largest absolute Gasteiger partial charge is 0.308 e. The minimum atomic E-state index is -0.308.